The van der Waals surface area contributed by atoms with Crippen molar-refractivity contribution in [3.8, 4) is 6.07 Å². The van der Waals surface area contributed by atoms with E-state index in [0.717, 1.165) is 24.5 Å². The topological polar surface area (TPSA) is 92.6 Å². The van der Waals surface area contributed by atoms with E-state index in [2.05, 4.69) is 26.2 Å². The van der Waals surface area contributed by atoms with Crippen LogP contribution in [-0.4, -0.2) is 65.6 Å². The number of rotatable bonds is 5. The number of benzene rings is 1. The summed E-state index contributed by atoms with van der Waals surface area (Å²) in [5.74, 6) is 0.603. The number of amides is 3. The molecule has 3 heterocycles. The van der Waals surface area contributed by atoms with Crippen molar-refractivity contribution in [2.24, 2.45) is 0 Å². The Labute approximate surface area is 169 Å². The normalized spacial score (nSPS) is 19.9. The summed E-state index contributed by atoms with van der Waals surface area (Å²) in [6.45, 7) is 3.14. The average molecular weight is 390 g/mol. The van der Waals surface area contributed by atoms with Gasteiger partial charge in [-0.2, -0.15) is 5.26 Å². The lowest BCUT2D eigenvalue weighted by molar-refractivity contribution is -0.129. The van der Waals surface area contributed by atoms with E-state index >= 15 is 0 Å². The van der Waals surface area contributed by atoms with Gasteiger partial charge in [0, 0.05) is 38.8 Å². The van der Waals surface area contributed by atoms with Gasteiger partial charge in [-0.15, -0.1) is 0 Å². The van der Waals surface area contributed by atoms with E-state index in [4.69, 9.17) is 5.26 Å². The molecule has 1 aromatic heterocycles. The van der Waals surface area contributed by atoms with Crippen molar-refractivity contribution in [1.82, 2.24) is 20.1 Å². The van der Waals surface area contributed by atoms with Gasteiger partial charge >= 0.3 is 6.03 Å². The molecule has 0 spiro atoms. The Morgan fingerprint density at radius 1 is 1.10 bits per heavy atom. The number of anilines is 1. The average Bonchev–Trinajstić information content (AvgIpc) is 3.02. The van der Waals surface area contributed by atoms with Crippen LogP contribution in [0.3, 0.4) is 0 Å². The van der Waals surface area contributed by atoms with Crippen molar-refractivity contribution in [3.05, 3.63) is 59.8 Å². The number of aromatic nitrogens is 1. The minimum Gasteiger partial charge on any atom is -0.354 e. The van der Waals surface area contributed by atoms with Crippen molar-refractivity contribution in [2.45, 2.75) is 12.5 Å². The van der Waals surface area contributed by atoms with E-state index in [-0.39, 0.29) is 18.6 Å². The maximum Gasteiger partial charge on any atom is 0.325 e. The van der Waals surface area contributed by atoms with Gasteiger partial charge < -0.3 is 10.2 Å². The molecule has 2 aromatic rings. The Bertz CT molecular complexity index is 934. The van der Waals surface area contributed by atoms with Crippen LogP contribution in [0.4, 0.5) is 10.6 Å². The van der Waals surface area contributed by atoms with Gasteiger partial charge in [-0.25, -0.2) is 14.7 Å². The highest BCUT2D eigenvalue weighted by Crippen LogP contribution is 2.17. The molecule has 8 nitrogen and oxygen atoms in total. The smallest absolute Gasteiger partial charge is 0.325 e. The number of hydrogen-bond donors (Lipinski definition) is 1. The molecule has 2 saturated heterocycles. The van der Waals surface area contributed by atoms with Gasteiger partial charge in [0.2, 0.25) is 0 Å². The number of nitriles is 1. The summed E-state index contributed by atoms with van der Waals surface area (Å²) in [5.41, 5.74) is 1.61. The molecule has 1 aromatic carbocycles. The number of piperazine rings is 1. The Morgan fingerprint density at radius 2 is 1.86 bits per heavy atom. The second kappa shape index (κ2) is 8.29. The number of carbonyl (C=O) groups is 2. The monoisotopic (exact) mass is 390 g/mol. The summed E-state index contributed by atoms with van der Waals surface area (Å²) in [4.78, 5) is 34.9. The van der Waals surface area contributed by atoms with Gasteiger partial charge in [0.1, 0.15) is 11.9 Å². The molecule has 4 rings (SSSR count). The Hall–Kier alpha value is -3.44. The molecular weight excluding hydrogens is 368 g/mol. The zero-order chi connectivity index (χ0) is 20.2. The molecule has 29 heavy (non-hydrogen) atoms. The van der Waals surface area contributed by atoms with Crippen LogP contribution in [0, 0.1) is 11.3 Å². The summed E-state index contributed by atoms with van der Waals surface area (Å²) in [6, 6.07) is 14.4. The number of urea groups is 1. The van der Waals surface area contributed by atoms with Gasteiger partial charge in [0.15, 0.2) is 0 Å². The van der Waals surface area contributed by atoms with Crippen molar-refractivity contribution < 1.29 is 9.59 Å². The summed E-state index contributed by atoms with van der Waals surface area (Å²) >= 11 is 0. The highest BCUT2D eigenvalue weighted by Gasteiger charge is 2.39. The molecule has 2 aliphatic rings. The number of carbonyl (C=O) groups excluding carboxylic acids is 2. The number of nitrogens with one attached hydrogen (secondary N) is 1. The summed E-state index contributed by atoms with van der Waals surface area (Å²) in [5, 5.41) is 11.8. The van der Waals surface area contributed by atoms with E-state index in [1.807, 2.05) is 30.3 Å². The van der Waals surface area contributed by atoms with E-state index in [9.17, 15) is 9.59 Å². The third-order valence-electron chi connectivity index (χ3n) is 5.30. The van der Waals surface area contributed by atoms with Gasteiger partial charge in [-0.1, -0.05) is 30.3 Å². The first-order valence-electron chi connectivity index (χ1n) is 9.63. The van der Waals surface area contributed by atoms with Crippen molar-refractivity contribution in [1.29, 1.82) is 5.26 Å². The first kappa shape index (κ1) is 18.9. The Kier molecular flexibility index (Phi) is 5.40. The van der Waals surface area contributed by atoms with Gasteiger partial charge in [0.25, 0.3) is 5.91 Å². The van der Waals surface area contributed by atoms with Crippen LogP contribution < -0.4 is 10.2 Å². The fourth-order valence-corrected chi connectivity index (χ4v) is 3.68. The molecule has 2 fully saturated rings. The molecule has 3 amide bonds. The molecule has 2 aliphatic heterocycles. The largest absolute Gasteiger partial charge is 0.354 e. The zero-order valence-electron chi connectivity index (χ0n) is 16.0. The highest BCUT2D eigenvalue weighted by molar-refractivity contribution is 6.04. The first-order valence-corrected chi connectivity index (χ1v) is 9.63. The zero-order valence-corrected chi connectivity index (χ0v) is 16.0. The lowest BCUT2D eigenvalue weighted by Gasteiger charge is -2.36. The summed E-state index contributed by atoms with van der Waals surface area (Å²) in [7, 11) is 0. The molecular formula is C21H22N6O2. The highest BCUT2D eigenvalue weighted by atomic mass is 16.2. The van der Waals surface area contributed by atoms with E-state index in [1.165, 1.54) is 4.90 Å². The lowest BCUT2D eigenvalue weighted by Crippen LogP contribution is -2.51. The lowest BCUT2D eigenvalue weighted by atomic mass is 10.1. The molecule has 0 bridgehead atoms. The van der Waals surface area contributed by atoms with Crippen LogP contribution in [-0.2, 0) is 11.2 Å². The molecule has 0 aliphatic carbocycles. The number of nitrogens with zero attached hydrogens (tertiary/aromatic N) is 5. The molecule has 148 valence electrons. The maximum atomic E-state index is 12.7. The maximum absolute atomic E-state index is 12.7. The van der Waals surface area contributed by atoms with Gasteiger partial charge in [-0.3, -0.25) is 9.69 Å². The predicted octanol–water partition coefficient (Wildman–Crippen LogP) is 1.20. The molecule has 0 radical (unpaired) electrons. The van der Waals surface area contributed by atoms with Gasteiger partial charge in [-0.05, 0) is 17.7 Å². The minimum atomic E-state index is -0.510. The molecule has 1 N–H and O–H groups in total. The predicted molar refractivity (Wildman–Crippen MR) is 107 cm³/mol. The fraction of sp³-hybridized carbons (Fsp3) is 0.333. The fourth-order valence-electron chi connectivity index (χ4n) is 3.68. The van der Waals surface area contributed by atoms with Crippen molar-refractivity contribution in [2.75, 3.05) is 37.7 Å². The number of imide groups is 1. The van der Waals surface area contributed by atoms with Crippen molar-refractivity contribution in [3.63, 3.8) is 0 Å². The quantitative estimate of drug-likeness (QED) is 0.771. The number of pyridine rings is 1. The van der Waals surface area contributed by atoms with E-state index in [0.29, 0.717) is 25.1 Å². The molecule has 8 heteroatoms. The second-order valence-electron chi connectivity index (χ2n) is 7.22. The molecule has 1 unspecified atom stereocenters. The van der Waals surface area contributed by atoms with Crippen LogP contribution in [0.2, 0.25) is 0 Å². The van der Waals surface area contributed by atoms with Crippen LogP contribution in [0.5, 0.6) is 0 Å². The standard InChI is InChI=1S/C21H22N6O2/c22-14-17-6-7-23-19(13-17)26-10-8-25(9-11-26)15-27-20(28)18(24-21(27)29)12-16-4-2-1-3-5-16/h1-7,13,18H,8-12,15H2,(H,24,29). The van der Waals surface area contributed by atoms with Crippen LogP contribution in [0.25, 0.3) is 0 Å². The van der Waals surface area contributed by atoms with Crippen molar-refractivity contribution >= 4 is 17.8 Å². The van der Waals surface area contributed by atoms with Crippen LogP contribution in [0.15, 0.2) is 48.7 Å². The molecule has 0 saturated carbocycles. The van der Waals surface area contributed by atoms with Crippen LogP contribution >= 0.6 is 0 Å². The van der Waals surface area contributed by atoms with E-state index < -0.39 is 6.04 Å². The first-order chi connectivity index (χ1) is 14.1. The summed E-state index contributed by atoms with van der Waals surface area (Å²) in [6.07, 6.45) is 2.14. The second-order valence-corrected chi connectivity index (χ2v) is 7.22. The third kappa shape index (κ3) is 4.20. The molecule has 1 atom stereocenters. The third-order valence-corrected chi connectivity index (χ3v) is 5.30. The summed E-state index contributed by atoms with van der Waals surface area (Å²) < 4.78 is 0. The Balaban J connectivity index is 1.32. The SMILES string of the molecule is N#Cc1ccnc(N2CCN(CN3C(=O)NC(Cc4ccccc4)C3=O)CC2)c1. The van der Waals surface area contributed by atoms with E-state index in [1.54, 1.807) is 18.3 Å². The Morgan fingerprint density at radius 3 is 2.59 bits per heavy atom. The number of hydrogen-bond acceptors (Lipinski definition) is 6. The minimum absolute atomic E-state index is 0.176. The van der Waals surface area contributed by atoms with Crippen LogP contribution in [0.1, 0.15) is 11.1 Å². The van der Waals surface area contributed by atoms with Gasteiger partial charge in [0.05, 0.1) is 18.3 Å².